The van der Waals surface area contributed by atoms with Crippen LogP contribution >= 0.6 is 22.6 Å². The second-order valence-electron chi connectivity index (χ2n) is 4.55. The number of carboxylic acids is 1. The average molecular weight is 376 g/mol. The minimum atomic E-state index is -0.923. The molecule has 1 aromatic rings. The summed E-state index contributed by atoms with van der Waals surface area (Å²) in [6.07, 6.45) is -0.0855. The van der Waals surface area contributed by atoms with Gasteiger partial charge in [0, 0.05) is 15.3 Å². The van der Waals surface area contributed by atoms with Crippen LogP contribution < -0.4 is 10.6 Å². The van der Waals surface area contributed by atoms with Crippen LogP contribution in [0.4, 0.5) is 10.5 Å². The Labute approximate surface area is 125 Å². The van der Waals surface area contributed by atoms with Crippen LogP contribution in [0.25, 0.3) is 0 Å². The molecule has 1 aromatic carbocycles. The Bertz CT molecular complexity index is 446. The van der Waals surface area contributed by atoms with Crippen molar-refractivity contribution < 1.29 is 14.7 Å². The number of urea groups is 1. The molecular weight excluding hydrogens is 359 g/mol. The molecule has 0 radical (unpaired) electrons. The van der Waals surface area contributed by atoms with E-state index in [0.717, 1.165) is 3.57 Å². The van der Waals surface area contributed by atoms with E-state index in [9.17, 15) is 9.59 Å². The second kappa shape index (κ2) is 7.32. The fourth-order valence-electron chi connectivity index (χ4n) is 1.51. The number of benzene rings is 1. The normalized spacial score (nSPS) is 12.0. The van der Waals surface area contributed by atoms with Gasteiger partial charge in [0.1, 0.15) is 0 Å². The van der Waals surface area contributed by atoms with Gasteiger partial charge in [-0.25, -0.2) is 4.79 Å². The lowest BCUT2D eigenvalue weighted by Crippen LogP contribution is -2.42. The Morgan fingerprint density at radius 2 is 1.84 bits per heavy atom. The Hall–Kier alpha value is -1.31. The van der Waals surface area contributed by atoms with Crippen molar-refractivity contribution in [2.24, 2.45) is 5.92 Å². The van der Waals surface area contributed by atoms with Gasteiger partial charge in [-0.3, -0.25) is 4.79 Å². The Kier molecular flexibility index (Phi) is 6.07. The van der Waals surface area contributed by atoms with Crippen molar-refractivity contribution in [1.29, 1.82) is 0 Å². The van der Waals surface area contributed by atoms with Gasteiger partial charge in [-0.05, 0) is 52.8 Å². The van der Waals surface area contributed by atoms with Crippen LogP contribution in [0.1, 0.15) is 20.3 Å². The van der Waals surface area contributed by atoms with Crippen molar-refractivity contribution in [3.05, 3.63) is 27.8 Å². The molecule has 1 atom stereocenters. The van der Waals surface area contributed by atoms with Crippen LogP contribution in [0.2, 0.25) is 0 Å². The van der Waals surface area contributed by atoms with Crippen LogP contribution in [0.5, 0.6) is 0 Å². The summed E-state index contributed by atoms with van der Waals surface area (Å²) < 4.78 is 1.08. The zero-order valence-electron chi connectivity index (χ0n) is 10.8. The highest BCUT2D eigenvalue weighted by molar-refractivity contribution is 14.1. The zero-order valence-corrected chi connectivity index (χ0v) is 13.0. The zero-order chi connectivity index (χ0) is 14.4. The van der Waals surface area contributed by atoms with Gasteiger partial charge in [0.15, 0.2) is 0 Å². The van der Waals surface area contributed by atoms with Gasteiger partial charge in [0.2, 0.25) is 0 Å². The van der Waals surface area contributed by atoms with Crippen LogP contribution in [-0.4, -0.2) is 23.1 Å². The number of hydrogen-bond donors (Lipinski definition) is 3. The molecule has 5 nitrogen and oxygen atoms in total. The van der Waals surface area contributed by atoms with Crippen molar-refractivity contribution in [1.82, 2.24) is 5.32 Å². The lowest BCUT2D eigenvalue weighted by atomic mass is 10.0. The summed E-state index contributed by atoms with van der Waals surface area (Å²) in [7, 11) is 0. The number of halogens is 1. The summed E-state index contributed by atoms with van der Waals surface area (Å²) >= 11 is 2.18. The molecule has 1 rings (SSSR count). The molecule has 0 bridgehead atoms. The quantitative estimate of drug-likeness (QED) is 0.692. The molecule has 0 aliphatic heterocycles. The Morgan fingerprint density at radius 1 is 1.26 bits per heavy atom. The van der Waals surface area contributed by atoms with Crippen LogP contribution in [-0.2, 0) is 4.79 Å². The molecule has 3 N–H and O–H groups in total. The van der Waals surface area contributed by atoms with Crippen LogP contribution in [0.3, 0.4) is 0 Å². The topological polar surface area (TPSA) is 78.4 Å². The first-order valence-electron chi connectivity index (χ1n) is 5.93. The molecule has 0 saturated heterocycles. The molecule has 0 aromatic heterocycles. The van der Waals surface area contributed by atoms with E-state index in [0.29, 0.717) is 5.69 Å². The first-order valence-corrected chi connectivity index (χ1v) is 7.01. The highest BCUT2D eigenvalue weighted by Crippen LogP contribution is 2.12. The van der Waals surface area contributed by atoms with Gasteiger partial charge in [0.05, 0.1) is 6.42 Å². The second-order valence-corrected chi connectivity index (χ2v) is 5.80. The van der Waals surface area contributed by atoms with Gasteiger partial charge in [-0.15, -0.1) is 0 Å². The van der Waals surface area contributed by atoms with Gasteiger partial charge in [-0.1, -0.05) is 13.8 Å². The molecule has 2 amide bonds. The molecule has 1 unspecified atom stereocenters. The molecule has 0 spiro atoms. The molecule has 0 aliphatic rings. The van der Waals surface area contributed by atoms with Gasteiger partial charge < -0.3 is 15.7 Å². The minimum Gasteiger partial charge on any atom is -0.481 e. The molecule has 0 fully saturated rings. The lowest BCUT2D eigenvalue weighted by molar-refractivity contribution is -0.137. The summed E-state index contributed by atoms with van der Waals surface area (Å²) in [5.41, 5.74) is 0.677. The highest BCUT2D eigenvalue weighted by Gasteiger charge is 2.19. The number of carboxylic acid groups (broad SMARTS) is 1. The number of carbonyl (C=O) groups excluding carboxylic acids is 1. The molecule has 104 valence electrons. The molecule has 0 aliphatic carbocycles. The van der Waals surface area contributed by atoms with E-state index in [-0.39, 0.29) is 24.4 Å². The van der Waals surface area contributed by atoms with E-state index in [1.54, 1.807) is 12.1 Å². The molecule has 0 saturated carbocycles. The summed E-state index contributed by atoms with van der Waals surface area (Å²) in [4.78, 5) is 22.5. The number of hydrogen-bond acceptors (Lipinski definition) is 2. The Morgan fingerprint density at radius 3 is 2.32 bits per heavy atom. The summed E-state index contributed by atoms with van der Waals surface area (Å²) in [6.45, 7) is 3.75. The van der Waals surface area contributed by atoms with Crippen molar-refractivity contribution in [3.63, 3.8) is 0 Å². The third-order valence-electron chi connectivity index (χ3n) is 2.62. The number of anilines is 1. The number of carbonyl (C=O) groups is 2. The predicted molar refractivity (Wildman–Crippen MR) is 82.2 cm³/mol. The number of rotatable bonds is 5. The van der Waals surface area contributed by atoms with Crippen molar-refractivity contribution in [2.45, 2.75) is 26.3 Å². The number of amides is 2. The van der Waals surface area contributed by atoms with E-state index in [4.69, 9.17) is 5.11 Å². The fourth-order valence-corrected chi connectivity index (χ4v) is 1.87. The predicted octanol–water partition coefficient (Wildman–Crippen LogP) is 2.91. The maximum absolute atomic E-state index is 11.8. The third kappa shape index (κ3) is 5.91. The fraction of sp³-hybridized carbons (Fsp3) is 0.385. The van der Waals surface area contributed by atoms with Crippen LogP contribution in [0.15, 0.2) is 24.3 Å². The van der Waals surface area contributed by atoms with Crippen LogP contribution in [0, 0.1) is 9.49 Å². The number of aliphatic carboxylic acids is 1. The molecule has 0 heterocycles. The van der Waals surface area contributed by atoms with E-state index < -0.39 is 5.97 Å². The van der Waals surface area contributed by atoms with Crippen molar-refractivity contribution in [3.8, 4) is 0 Å². The summed E-state index contributed by atoms with van der Waals surface area (Å²) in [5, 5.41) is 14.2. The van der Waals surface area contributed by atoms with Gasteiger partial charge >= 0.3 is 12.0 Å². The molecular formula is C13H17IN2O3. The molecule has 6 heteroatoms. The SMILES string of the molecule is CC(C)C(CC(=O)O)NC(=O)Nc1ccc(I)cc1. The lowest BCUT2D eigenvalue weighted by Gasteiger charge is -2.20. The largest absolute Gasteiger partial charge is 0.481 e. The maximum Gasteiger partial charge on any atom is 0.319 e. The maximum atomic E-state index is 11.8. The third-order valence-corrected chi connectivity index (χ3v) is 3.34. The summed E-state index contributed by atoms with van der Waals surface area (Å²) in [5.74, 6) is -0.869. The van der Waals surface area contributed by atoms with E-state index in [2.05, 4.69) is 33.2 Å². The van der Waals surface area contributed by atoms with E-state index in [1.165, 1.54) is 0 Å². The molecule has 19 heavy (non-hydrogen) atoms. The van der Waals surface area contributed by atoms with Gasteiger partial charge in [0.25, 0.3) is 0 Å². The van der Waals surface area contributed by atoms with E-state index >= 15 is 0 Å². The standard InChI is InChI=1S/C13H17IN2O3/c1-8(2)11(7-12(17)18)16-13(19)15-10-5-3-9(14)4-6-10/h3-6,8,11H,7H2,1-2H3,(H,17,18)(H2,15,16,19). The van der Waals surface area contributed by atoms with Gasteiger partial charge in [-0.2, -0.15) is 0 Å². The minimum absolute atomic E-state index is 0.0542. The first-order chi connectivity index (χ1) is 8.88. The number of nitrogens with one attached hydrogen (secondary N) is 2. The van der Waals surface area contributed by atoms with Crippen molar-refractivity contribution in [2.75, 3.05) is 5.32 Å². The average Bonchev–Trinajstić information content (AvgIpc) is 2.30. The first kappa shape index (κ1) is 15.7. The summed E-state index contributed by atoms with van der Waals surface area (Å²) in [6, 6.07) is 6.58. The van der Waals surface area contributed by atoms with Crippen molar-refractivity contribution >= 4 is 40.3 Å². The highest BCUT2D eigenvalue weighted by atomic mass is 127. The smallest absolute Gasteiger partial charge is 0.319 e. The monoisotopic (exact) mass is 376 g/mol. The van der Waals surface area contributed by atoms with E-state index in [1.807, 2.05) is 26.0 Å². The Balaban J connectivity index is 2.57.